The van der Waals surface area contributed by atoms with Crippen molar-refractivity contribution in [3.63, 3.8) is 0 Å². The summed E-state index contributed by atoms with van der Waals surface area (Å²) in [6, 6.07) is 11.8. The van der Waals surface area contributed by atoms with Gasteiger partial charge in [-0.1, -0.05) is 18.2 Å². The van der Waals surface area contributed by atoms with Gasteiger partial charge in [-0.3, -0.25) is 4.79 Å². The lowest BCUT2D eigenvalue weighted by molar-refractivity contribution is -0.123. The third kappa shape index (κ3) is 7.81. The summed E-state index contributed by atoms with van der Waals surface area (Å²) in [5.74, 6) is -0.558. The van der Waals surface area contributed by atoms with Crippen molar-refractivity contribution in [1.82, 2.24) is 5.43 Å². The fourth-order valence-corrected chi connectivity index (χ4v) is 2.11. The Morgan fingerprint density at radius 1 is 1.15 bits per heavy atom. The predicted molar refractivity (Wildman–Crippen MR) is 94.5 cm³/mol. The average Bonchev–Trinajstić information content (AvgIpc) is 2.64. The Labute approximate surface area is 154 Å². The number of aryl methyl sites for hydroxylation is 1. The van der Waals surface area contributed by atoms with Crippen molar-refractivity contribution >= 4 is 11.6 Å². The molecule has 0 fully saturated rings. The van der Waals surface area contributed by atoms with Gasteiger partial charge in [0.2, 0.25) is 0 Å². The molecular weight excluding hydrogens is 361 g/mol. The van der Waals surface area contributed by atoms with Gasteiger partial charge in [-0.25, -0.2) is 9.82 Å². The minimum atomic E-state index is -2.85. The standard InChI is InChI=1S/C19H19F3N2O3/c1-13(5-6-14-7-9-16(10-8-14)27-19(21)22)23-24-18(25)12-26-17-4-2-3-15(20)11-17/h2-4,7-11,19H,5-6,12H2,1H3,(H,24,25)/b23-13-. The Hall–Kier alpha value is -3.03. The fraction of sp³-hybridized carbons (Fsp3) is 0.263. The second-order valence-electron chi connectivity index (χ2n) is 5.65. The Kier molecular flexibility index (Phi) is 7.66. The largest absolute Gasteiger partial charge is 0.484 e. The van der Waals surface area contributed by atoms with Gasteiger partial charge in [0.15, 0.2) is 6.61 Å². The van der Waals surface area contributed by atoms with Gasteiger partial charge in [0.25, 0.3) is 5.91 Å². The molecule has 2 rings (SSSR count). The summed E-state index contributed by atoms with van der Waals surface area (Å²) in [6.45, 7) is -1.38. The minimum absolute atomic E-state index is 0.102. The number of hydrogen-bond acceptors (Lipinski definition) is 4. The predicted octanol–water partition coefficient (Wildman–Crippen LogP) is 3.93. The molecule has 8 heteroatoms. The lowest BCUT2D eigenvalue weighted by atomic mass is 10.1. The normalized spacial score (nSPS) is 11.4. The molecule has 0 aliphatic heterocycles. The van der Waals surface area contributed by atoms with Gasteiger partial charge in [-0.2, -0.15) is 13.9 Å². The van der Waals surface area contributed by atoms with Crippen molar-refractivity contribution in [2.45, 2.75) is 26.4 Å². The van der Waals surface area contributed by atoms with E-state index in [9.17, 15) is 18.0 Å². The number of nitrogens with zero attached hydrogens (tertiary/aromatic N) is 1. The van der Waals surface area contributed by atoms with Crippen molar-refractivity contribution in [3.8, 4) is 11.5 Å². The van der Waals surface area contributed by atoms with E-state index in [-0.39, 0.29) is 18.1 Å². The molecule has 2 aromatic rings. The molecule has 1 amide bonds. The zero-order chi connectivity index (χ0) is 19.6. The van der Waals surface area contributed by atoms with Gasteiger partial charge in [-0.15, -0.1) is 0 Å². The number of amides is 1. The molecule has 144 valence electrons. The van der Waals surface area contributed by atoms with Crippen molar-refractivity contribution in [2.24, 2.45) is 5.10 Å². The topological polar surface area (TPSA) is 59.9 Å². The van der Waals surface area contributed by atoms with Crippen LogP contribution in [0.15, 0.2) is 53.6 Å². The number of ether oxygens (including phenoxy) is 2. The van der Waals surface area contributed by atoms with E-state index in [2.05, 4.69) is 15.3 Å². The number of nitrogens with one attached hydrogen (secondary N) is 1. The summed E-state index contributed by atoms with van der Waals surface area (Å²) in [5, 5.41) is 3.97. The first-order valence-corrected chi connectivity index (χ1v) is 8.16. The second-order valence-corrected chi connectivity index (χ2v) is 5.65. The summed E-state index contributed by atoms with van der Waals surface area (Å²) in [4.78, 5) is 11.7. The van der Waals surface area contributed by atoms with E-state index in [0.29, 0.717) is 18.6 Å². The van der Waals surface area contributed by atoms with Gasteiger partial charge in [-0.05, 0) is 49.6 Å². The summed E-state index contributed by atoms with van der Waals surface area (Å²) in [6.07, 6.45) is 1.19. The summed E-state index contributed by atoms with van der Waals surface area (Å²) in [5.41, 5.74) is 3.97. The van der Waals surface area contributed by atoms with Crippen molar-refractivity contribution < 1.29 is 27.4 Å². The van der Waals surface area contributed by atoms with Gasteiger partial charge < -0.3 is 9.47 Å². The first-order chi connectivity index (χ1) is 12.9. The Balaban J connectivity index is 1.72. The summed E-state index contributed by atoms with van der Waals surface area (Å²) in [7, 11) is 0. The van der Waals surface area contributed by atoms with Gasteiger partial charge >= 0.3 is 6.61 Å². The van der Waals surface area contributed by atoms with Gasteiger partial charge in [0, 0.05) is 11.8 Å². The first-order valence-electron chi connectivity index (χ1n) is 8.16. The number of carbonyl (C=O) groups excluding carboxylic acids is 1. The van der Waals surface area contributed by atoms with Crippen LogP contribution in [0.3, 0.4) is 0 Å². The van der Waals surface area contributed by atoms with Crippen LogP contribution in [0.1, 0.15) is 18.9 Å². The average molecular weight is 380 g/mol. The number of benzene rings is 2. The highest BCUT2D eigenvalue weighted by atomic mass is 19.3. The van der Waals surface area contributed by atoms with Crippen LogP contribution in [0.5, 0.6) is 11.5 Å². The zero-order valence-electron chi connectivity index (χ0n) is 14.6. The highest BCUT2D eigenvalue weighted by Crippen LogP contribution is 2.16. The summed E-state index contributed by atoms with van der Waals surface area (Å²) >= 11 is 0. The number of halogens is 3. The molecule has 2 aromatic carbocycles. The van der Waals surface area contributed by atoms with Crippen LogP contribution in [-0.2, 0) is 11.2 Å². The Bertz CT molecular complexity index is 780. The third-order valence-electron chi connectivity index (χ3n) is 3.46. The second kappa shape index (κ2) is 10.2. The van der Waals surface area contributed by atoms with Crippen LogP contribution in [0, 0.1) is 5.82 Å². The molecule has 0 heterocycles. The number of hydrazone groups is 1. The lowest BCUT2D eigenvalue weighted by Gasteiger charge is -2.07. The smallest absolute Gasteiger partial charge is 0.387 e. The van der Waals surface area contributed by atoms with Crippen LogP contribution in [0.4, 0.5) is 13.2 Å². The minimum Gasteiger partial charge on any atom is -0.484 e. The first kappa shape index (κ1) is 20.3. The van der Waals surface area contributed by atoms with Crippen molar-refractivity contribution in [2.75, 3.05) is 6.61 Å². The molecule has 0 radical (unpaired) electrons. The molecule has 0 aliphatic carbocycles. The lowest BCUT2D eigenvalue weighted by Crippen LogP contribution is -2.25. The van der Waals surface area contributed by atoms with E-state index in [1.54, 1.807) is 25.1 Å². The van der Waals surface area contributed by atoms with Crippen LogP contribution in [-0.4, -0.2) is 24.8 Å². The maximum absolute atomic E-state index is 13.0. The third-order valence-corrected chi connectivity index (χ3v) is 3.46. The Morgan fingerprint density at radius 3 is 2.56 bits per heavy atom. The van der Waals surface area contributed by atoms with Gasteiger partial charge in [0.05, 0.1) is 0 Å². The molecule has 1 N–H and O–H groups in total. The van der Waals surface area contributed by atoms with Crippen LogP contribution in [0.25, 0.3) is 0 Å². The molecule has 0 aliphatic rings. The molecule has 5 nitrogen and oxygen atoms in total. The van der Waals surface area contributed by atoms with E-state index in [1.807, 2.05) is 0 Å². The van der Waals surface area contributed by atoms with Gasteiger partial charge in [0.1, 0.15) is 17.3 Å². The van der Waals surface area contributed by atoms with E-state index in [0.717, 1.165) is 5.56 Å². The molecule has 0 unspecified atom stereocenters. The molecule has 27 heavy (non-hydrogen) atoms. The van der Waals surface area contributed by atoms with E-state index in [4.69, 9.17) is 4.74 Å². The van der Waals surface area contributed by atoms with Crippen LogP contribution < -0.4 is 14.9 Å². The SMILES string of the molecule is C/C(CCc1ccc(OC(F)F)cc1)=N/NC(=O)COc1cccc(F)c1. The van der Waals surface area contributed by atoms with E-state index < -0.39 is 18.3 Å². The number of carbonyl (C=O) groups is 1. The number of alkyl halides is 2. The highest BCUT2D eigenvalue weighted by molar-refractivity contribution is 5.84. The molecular formula is C19H19F3N2O3. The highest BCUT2D eigenvalue weighted by Gasteiger charge is 2.05. The molecule has 0 spiro atoms. The van der Waals surface area contributed by atoms with Crippen molar-refractivity contribution in [1.29, 1.82) is 0 Å². The zero-order valence-corrected chi connectivity index (χ0v) is 14.6. The molecule has 0 aromatic heterocycles. The molecule has 0 atom stereocenters. The number of rotatable bonds is 9. The molecule has 0 bridgehead atoms. The quantitative estimate of drug-likeness (QED) is 0.530. The maximum Gasteiger partial charge on any atom is 0.387 e. The van der Waals surface area contributed by atoms with E-state index in [1.165, 1.54) is 30.3 Å². The van der Waals surface area contributed by atoms with Crippen LogP contribution >= 0.6 is 0 Å². The fourth-order valence-electron chi connectivity index (χ4n) is 2.11. The monoisotopic (exact) mass is 380 g/mol. The summed E-state index contributed by atoms with van der Waals surface area (Å²) < 4.78 is 46.6. The van der Waals surface area contributed by atoms with Crippen LogP contribution in [0.2, 0.25) is 0 Å². The number of hydrogen-bond donors (Lipinski definition) is 1. The molecule has 0 saturated carbocycles. The maximum atomic E-state index is 13.0. The molecule has 0 saturated heterocycles. The van der Waals surface area contributed by atoms with Crippen molar-refractivity contribution in [3.05, 3.63) is 59.9 Å². The van der Waals surface area contributed by atoms with E-state index >= 15 is 0 Å². The Morgan fingerprint density at radius 2 is 1.89 bits per heavy atom.